The van der Waals surface area contributed by atoms with Crippen LogP contribution in [0.15, 0.2) is 97.3 Å². The maximum absolute atomic E-state index is 12.7. The summed E-state index contributed by atoms with van der Waals surface area (Å²) < 4.78 is 28.5. The molecule has 416 valence electrons. The van der Waals surface area contributed by atoms with Gasteiger partial charge >= 0.3 is 0 Å². The molecule has 77 heavy (non-hydrogen) atoms. The van der Waals surface area contributed by atoms with Crippen molar-refractivity contribution in [3.05, 3.63) is 97.3 Å². The van der Waals surface area contributed by atoms with Crippen molar-refractivity contribution in [2.45, 2.75) is 88.3 Å². The van der Waals surface area contributed by atoms with Crippen molar-refractivity contribution >= 4 is 58.8 Å². The lowest BCUT2D eigenvalue weighted by Crippen LogP contribution is -2.29. The number of hydrogen-bond acceptors (Lipinski definition) is 16. The Labute approximate surface area is 456 Å². The van der Waals surface area contributed by atoms with Gasteiger partial charge in [0.15, 0.2) is 0 Å². The fraction of sp³-hybridized carbons (Fsp3) is 0.500. The van der Waals surface area contributed by atoms with Crippen LogP contribution in [0.4, 0.5) is 17.5 Å². The Bertz CT molecular complexity index is 2440. The van der Waals surface area contributed by atoms with E-state index in [0.29, 0.717) is 144 Å². The van der Waals surface area contributed by atoms with E-state index in [2.05, 4.69) is 51.8 Å². The van der Waals surface area contributed by atoms with Crippen LogP contribution in [0.3, 0.4) is 0 Å². The molecule has 4 heterocycles. The number of carbonyl (C=O) groups excluding carboxylic acids is 5. The molecule has 5 amide bonds. The zero-order valence-corrected chi connectivity index (χ0v) is 45.0. The zero-order chi connectivity index (χ0) is 54.1. The number of thioether (sulfide) groups is 1. The number of ether oxygens (including phenoxy) is 5. The van der Waals surface area contributed by atoms with E-state index < -0.39 is 0 Å². The highest BCUT2D eigenvalue weighted by Gasteiger charge is 2.42. The molecule has 21 heteroatoms. The predicted molar refractivity (Wildman–Crippen MR) is 296 cm³/mol. The van der Waals surface area contributed by atoms with Crippen molar-refractivity contribution in [1.82, 2.24) is 41.1 Å². The minimum Gasteiger partial charge on any atom is -0.457 e. The van der Waals surface area contributed by atoms with Gasteiger partial charge in [0, 0.05) is 100 Å². The summed E-state index contributed by atoms with van der Waals surface area (Å²) in [5.41, 5.74) is 0. The first kappa shape index (κ1) is 59.6. The number of benzene rings is 2. The first-order chi connectivity index (χ1) is 37.6. The molecule has 0 unspecified atom stereocenters. The third-order valence-corrected chi connectivity index (χ3v) is 14.0. The Morgan fingerprint density at radius 2 is 1.30 bits per heavy atom. The maximum atomic E-state index is 12.7. The van der Waals surface area contributed by atoms with Crippen LogP contribution >= 0.6 is 11.8 Å². The van der Waals surface area contributed by atoms with Crippen molar-refractivity contribution in [3.8, 4) is 23.1 Å². The normalized spacial score (nSPS) is 15.7. The van der Waals surface area contributed by atoms with Crippen LogP contribution in [0.25, 0.3) is 0 Å². The summed E-state index contributed by atoms with van der Waals surface area (Å²) in [5, 5.41) is 18.3. The molecule has 0 bridgehead atoms. The van der Waals surface area contributed by atoms with E-state index >= 15 is 0 Å². The average molecular weight is 1080 g/mol. The Morgan fingerprint density at radius 3 is 2.00 bits per heavy atom. The third kappa shape index (κ3) is 24.5. The Kier molecular flexibility index (Phi) is 27.0. The largest absolute Gasteiger partial charge is 0.457 e. The number of hydrogen-bond donors (Lipinski definition) is 6. The second-order valence-electron chi connectivity index (χ2n) is 18.7. The average Bonchev–Trinajstić information content (AvgIpc) is 3.99. The second-order valence-corrected chi connectivity index (χ2v) is 20.0. The Morgan fingerprint density at radius 1 is 0.675 bits per heavy atom. The van der Waals surface area contributed by atoms with E-state index in [9.17, 15) is 24.0 Å². The number of carbonyl (C=O) groups is 5. The van der Waals surface area contributed by atoms with Gasteiger partial charge in [-0.15, -0.1) is 0 Å². The molecule has 2 aromatic heterocycles. The number of amides is 5. The van der Waals surface area contributed by atoms with Crippen LogP contribution in [0, 0.1) is 5.92 Å². The number of unbranched alkanes of at least 4 members (excludes halogenated alkanes) is 2. The number of para-hydroxylation sites is 1. The molecule has 3 atom stereocenters. The number of rotatable bonds is 38. The second kappa shape index (κ2) is 34.9. The summed E-state index contributed by atoms with van der Waals surface area (Å²) in [5.74, 6) is 4.88. The molecule has 2 aliphatic heterocycles. The molecule has 0 saturated carbocycles. The quantitative estimate of drug-likeness (QED) is 0.0197. The van der Waals surface area contributed by atoms with Gasteiger partial charge in [0.05, 0.1) is 26.4 Å². The van der Waals surface area contributed by atoms with Crippen LogP contribution < -0.4 is 41.4 Å². The molecule has 2 aromatic carbocycles. The molecule has 2 aliphatic rings. The third-order valence-electron chi connectivity index (χ3n) is 12.4. The molecule has 0 radical (unpaired) electrons. The van der Waals surface area contributed by atoms with Crippen LogP contribution in [-0.4, -0.2) is 146 Å². The van der Waals surface area contributed by atoms with Gasteiger partial charge in [-0.05, 0) is 107 Å². The molecule has 6 rings (SSSR count). The summed E-state index contributed by atoms with van der Waals surface area (Å²) >= 11 is 1.96. The molecular weight excluding hydrogens is 1000 g/mol. The summed E-state index contributed by atoms with van der Waals surface area (Å²) in [6, 6.07) is 23.9. The van der Waals surface area contributed by atoms with Gasteiger partial charge in [-0.2, -0.15) is 11.8 Å². The number of nitrogens with one attached hydrogen (secondary N) is 6. The molecule has 6 N–H and O–H groups in total. The van der Waals surface area contributed by atoms with Gasteiger partial charge < -0.3 is 60.5 Å². The summed E-state index contributed by atoms with van der Waals surface area (Å²) in [7, 11) is 1.97. The monoisotopic (exact) mass is 1080 g/mol. The van der Waals surface area contributed by atoms with Gasteiger partial charge in [0.2, 0.25) is 35.4 Å². The maximum Gasteiger partial charge on any atom is 0.249 e. The lowest BCUT2D eigenvalue weighted by molar-refractivity contribution is -0.123. The highest BCUT2D eigenvalue weighted by molar-refractivity contribution is 8.00. The number of fused-ring (bicyclic) bond motifs is 1. The summed E-state index contributed by atoms with van der Waals surface area (Å²) in [6.45, 7) is 5.90. The first-order valence-electron chi connectivity index (χ1n) is 26.8. The summed E-state index contributed by atoms with van der Waals surface area (Å²) in [4.78, 5) is 76.0. The number of aromatic nitrogens is 3. The van der Waals surface area contributed by atoms with Gasteiger partial charge in [0.1, 0.15) is 41.0 Å². The molecule has 4 aromatic rings. The van der Waals surface area contributed by atoms with Crippen LogP contribution in [0.5, 0.6) is 23.1 Å². The molecular formula is C56H76N10O10S. The van der Waals surface area contributed by atoms with Gasteiger partial charge in [-0.1, -0.05) is 36.8 Å². The number of likely N-dealkylation sites (N-methyl/N-ethyl adjacent to an activating group) is 1. The Balaban J connectivity index is 0.674. The lowest BCUT2D eigenvalue weighted by atomic mass is 9.94. The van der Waals surface area contributed by atoms with Gasteiger partial charge in [0.25, 0.3) is 0 Å². The van der Waals surface area contributed by atoms with E-state index in [4.69, 9.17) is 23.7 Å². The van der Waals surface area contributed by atoms with Crippen molar-refractivity contribution in [2.24, 2.45) is 5.92 Å². The van der Waals surface area contributed by atoms with Crippen LogP contribution in [-0.2, 0) is 38.2 Å². The van der Waals surface area contributed by atoms with E-state index in [0.717, 1.165) is 56.6 Å². The van der Waals surface area contributed by atoms with E-state index in [-0.39, 0.29) is 42.4 Å². The van der Waals surface area contributed by atoms with Crippen LogP contribution in [0.1, 0.15) is 77.0 Å². The van der Waals surface area contributed by atoms with E-state index in [1.807, 2.05) is 61.3 Å². The van der Waals surface area contributed by atoms with Crippen molar-refractivity contribution < 1.29 is 47.7 Å². The summed E-state index contributed by atoms with van der Waals surface area (Å²) in [6.07, 6.45) is 12.9. The fourth-order valence-corrected chi connectivity index (χ4v) is 10.1. The fourth-order valence-electron chi connectivity index (χ4n) is 8.41. The molecule has 2 fully saturated rings. The molecule has 0 aliphatic carbocycles. The van der Waals surface area contributed by atoms with Crippen LogP contribution in [0.2, 0.25) is 0 Å². The van der Waals surface area contributed by atoms with Gasteiger partial charge in [-0.3, -0.25) is 24.0 Å². The Hall–Kier alpha value is -6.65. The number of anilines is 3. The zero-order valence-electron chi connectivity index (χ0n) is 44.2. The molecule has 20 nitrogen and oxygen atoms in total. The molecule has 0 spiro atoms. The number of pyridine rings is 1. The smallest absolute Gasteiger partial charge is 0.249 e. The first-order valence-corrected chi connectivity index (χ1v) is 27.9. The van der Waals surface area contributed by atoms with Crippen molar-refractivity contribution in [1.29, 1.82) is 0 Å². The van der Waals surface area contributed by atoms with Gasteiger partial charge in [-0.25, -0.2) is 15.0 Å². The number of nitrogens with zero attached hydrogens (tertiary/aromatic N) is 4. The highest BCUT2D eigenvalue weighted by Crippen LogP contribution is 2.40. The van der Waals surface area contributed by atoms with E-state index in [1.54, 1.807) is 42.5 Å². The van der Waals surface area contributed by atoms with E-state index in [1.165, 1.54) is 12.4 Å². The van der Waals surface area contributed by atoms with Crippen molar-refractivity contribution in [2.75, 3.05) is 95.8 Å². The van der Waals surface area contributed by atoms with Crippen molar-refractivity contribution in [3.63, 3.8) is 0 Å². The topological polar surface area (TPSA) is 246 Å². The SMILES string of the molecule is CN(C/C=C/C(=O)Nc1cccc(Nc2cc(Oc3ccc(Oc4ccccc4)cc3)ncn2)n1)CCCCNC(=O)CCCC(=O)NCCCOCCOCCOCCCNC(=O)CCCC[C@@H]1SC[C@@H]2NC(=O)C[C@@H]21. The standard InChI is InChI=1S/C56H76N10O10S/c1-66(31-11-22-54(70)65-49-18-9-17-48(63-49)64-50-39-56(61-41-60-50)76-44-25-23-43(24-26-44)75-42-14-3-2-4-15-42)30-8-7-27-57-52(68)20-10-21-53(69)59-29-13-33-73-35-37-74-36-34-72-32-12-28-58-51(67)19-6-5-16-47-45-38-55(71)62-46(45)40-77-47/h2-4,9,11,14-15,17-18,22-26,39,41,45-47H,5-8,10,12-13,16,19-21,27-38,40H2,1H3,(H,57,68)(H,58,67)(H,59,69)(H,62,71)(H2,60,61,63,64,65,70)/b22-11+/t45-,46-,47-/m0/s1. The minimum absolute atomic E-state index is 0.0712. The lowest BCUT2D eigenvalue weighted by Gasteiger charge is -2.15. The highest BCUT2D eigenvalue weighted by atomic mass is 32.2. The predicted octanol–water partition coefficient (Wildman–Crippen LogP) is 6.94. The minimum atomic E-state index is -0.311. The molecule has 2 saturated heterocycles.